The molecule has 0 heterocycles. The highest BCUT2D eigenvalue weighted by Crippen LogP contribution is 2.10. The van der Waals surface area contributed by atoms with Crippen molar-refractivity contribution in [1.29, 1.82) is 0 Å². The van der Waals surface area contributed by atoms with Crippen molar-refractivity contribution in [2.24, 2.45) is 0 Å². The zero-order valence-electron chi connectivity index (χ0n) is 8.13. The summed E-state index contributed by atoms with van der Waals surface area (Å²) in [7, 11) is 4.02. The van der Waals surface area contributed by atoms with Crippen molar-refractivity contribution in [1.82, 2.24) is 4.90 Å². The first-order valence-corrected chi connectivity index (χ1v) is 4.42. The molecule has 0 N–H and O–H groups in total. The molecule has 71 valence electrons. The minimum absolute atomic E-state index is 0.138. The molecule has 1 aromatic rings. The van der Waals surface area contributed by atoms with Crippen molar-refractivity contribution in [3.8, 4) is 0 Å². The molecule has 0 aliphatic carbocycles. The fourth-order valence-corrected chi connectivity index (χ4v) is 1.12. The van der Waals surface area contributed by atoms with E-state index in [0.717, 1.165) is 13.0 Å². The van der Waals surface area contributed by atoms with E-state index in [1.807, 2.05) is 26.6 Å². The van der Waals surface area contributed by atoms with Crippen molar-refractivity contribution < 1.29 is 4.39 Å². The quantitative estimate of drug-likeness (QED) is 0.687. The van der Waals surface area contributed by atoms with Crippen molar-refractivity contribution in [2.75, 3.05) is 20.6 Å². The van der Waals surface area contributed by atoms with Crippen LogP contribution in [-0.2, 0) is 0 Å². The molecular weight excluding hydrogens is 165 g/mol. The first kappa shape index (κ1) is 10.2. The van der Waals surface area contributed by atoms with Gasteiger partial charge in [-0.1, -0.05) is 18.2 Å². The van der Waals surface area contributed by atoms with E-state index in [-0.39, 0.29) is 5.82 Å². The molecular formula is C11H15FN. The van der Waals surface area contributed by atoms with Gasteiger partial charge >= 0.3 is 0 Å². The van der Waals surface area contributed by atoms with Crippen LogP contribution in [0.5, 0.6) is 0 Å². The van der Waals surface area contributed by atoms with Gasteiger partial charge in [-0.2, -0.15) is 0 Å². The van der Waals surface area contributed by atoms with Crippen molar-refractivity contribution >= 4 is 0 Å². The zero-order chi connectivity index (χ0) is 9.68. The molecule has 0 amide bonds. The molecule has 0 aliphatic rings. The minimum atomic E-state index is -0.138. The maximum atomic E-state index is 13.1. The SMILES string of the molecule is CN(C)CC[CH]c1ccccc1F. The monoisotopic (exact) mass is 180 g/mol. The van der Waals surface area contributed by atoms with Crippen LogP contribution in [0.4, 0.5) is 4.39 Å². The third-order valence-electron chi connectivity index (χ3n) is 1.85. The van der Waals surface area contributed by atoms with Crippen LogP contribution in [0.25, 0.3) is 0 Å². The average Bonchev–Trinajstić information content (AvgIpc) is 2.08. The summed E-state index contributed by atoms with van der Waals surface area (Å²) in [6.07, 6.45) is 2.81. The van der Waals surface area contributed by atoms with E-state index in [0.29, 0.717) is 5.56 Å². The molecule has 0 aliphatic heterocycles. The van der Waals surface area contributed by atoms with E-state index >= 15 is 0 Å². The Morgan fingerprint density at radius 1 is 1.31 bits per heavy atom. The van der Waals surface area contributed by atoms with Crippen molar-refractivity contribution in [3.63, 3.8) is 0 Å². The van der Waals surface area contributed by atoms with E-state index in [9.17, 15) is 4.39 Å². The fraction of sp³-hybridized carbons (Fsp3) is 0.364. The third kappa shape index (κ3) is 3.55. The van der Waals surface area contributed by atoms with Crippen LogP contribution in [-0.4, -0.2) is 25.5 Å². The largest absolute Gasteiger partial charge is 0.309 e. The van der Waals surface area contributed by atoms with Gasteiger partial charge in [0.15, 0.2) is 0 Å². The smallest absolute Gasteiger partial charge is 0.126 e. The Morgan fingerprint density at radius 2 is 2.00 bits per heavy atom. The molecule has 0 unspecified atom stereocenters. The summed E-state index contributed by atoms with van der Waals surface area (Å²) in [4.78, 5) is 2.08. The highest BCUT2D eigenvalue weighted by atomic mass is 19.1. The summed E-state index contributed by atoms with van der Waals surface area (Å²) in [5, 5.41) is 0. The maximum Gasteiger partial charge on any atom is 0.126 e. The first-order valence-electron chi connectivity index (χ1n) is 4.42. The highest BCUT2D eigenvalue weighted by Gasteiger charge is 2.00. The summed E-state index contributed by atoms with van der Waals surface area (Å²) in [6, 6.07) is 6.84. The number of hydrogen-bond acceptors (Lipinski definition) is 1. The van der Waals surface area contributed by atoms with Crippen LogP contribution in [0.1, 0.15) is 12.0 Å². The van der Waals surface area contributed by atoms with Crippen LogP contribution in [0.2, 0.25) is 0 Å². The van der Waals surface area contributed by atoms with E-state index in [1.165, 1.54) is 6.07 Å². The molecule has 13 heavy (non-hydrogen) atoms. The van der Waals surface area contributed by atoms with E-state index in [4.69, 9.17) is 0 Å². The maximum absolute atomic E-state index is 13.1. The molecule has 0 bridgehead atoms. The molecule has 1 radical (unpaired) electrons. The van der Waals surface area contributed by atoms with Gasteiger partial charge in [-0.05, 0) is 45.1 Å². The predicted molar refractivity (Wildman–Crippen MR) is 53.0 cm³/mol. The molecule has 1 aromatic carbocycles. The topological polar surface area (TPSA) is 3.24 Å². The molecule has 0 aromatic heterocycles. The molecule has 0 fully saturated rings. The lowest BCUT2D eigenvalue weighted by atomic mass is 10.1. The molecule has 0 spiro atoms. The number of hydrogen-bond donors (Lipinski definition) is 0. The number of benzene rings is 1. The van der Waals surface area contributed by atoms with E-state index in [2.05, 4.69) is 4.90 Å². The normalized spacial score (nSPS) is 10.8. The lowest BCUT2D eigenvalue weighted by Gasteiger charge is -2.08. The summed E-state index contributed by atoms with van der Waals surface area (Å²) in [6.45, 7) is 0.953. The van der Waals surface area contributed by atoms with Gasteiger partial charge in [-0.15, -0.1) is 0 Å². The first-order chi connectivity index (χ1) is 6.20. The number of halogens is 1. The molecule has 0 saturated heterocycles. The Balaban J connectivity index is 2.41. The van der Waals surface area contributed by atoms with Crippen LogP contribution >= 0.6 is 0 Å². The Bertz CT molecular complexity index is 258. The predicted octanol–water partition coefficient (Wildman–Crippen LogP) is 2.33. The lowest BCUT2D eigenvalue weighted by molar-refractivity contribution is 0.412. The second-order valence-corrected chi connectivity index (χ2v) is 3.32. The van der Waals surface area contributed by atoms with Crippen LogP contribution < -0.4 is 0 Å². The summed E-state index contributed by atoms with van der Waals surface area (Å²) in [5.74, 6) is -0.138. The van der Waals surface area contributed by atoms with E-state index in [1.54, 1.807) is 12.1 Å². The Labute approximate surface area is 79.2 Å². The lowest BCUT2D eigenvalue weighted by Crippen LogP contribution is -2.13. The average molecular weight is 180 g/mol. The molecule has 2 heteroatoms. The van der Waals surface area contributed by atoms with Gasteiger partial charge in [0.25, 0.3) is 0 Å². The Hall–Kier alpha value is -0.890. The van der Waals surface area contributed by atoms with Crippen LogP contribution in [0.3, 0.4) is 0 Å². The van der Waals surface area contributed by atoms with E-state index < -0.39 is 0 Å². The minimum Gasteiger partial charge on any atom is -0.309 e. The van der Waals surface area contributed by atoms with Crippen LogP contribution in [0.15, 0.2) is 24.3 Å². The van der Waals surface area contributed by atoms with Gasteiger partial charge in [-0.25, -0.2) is 4.39 Å². The highest BCUT2D eigenvalue weighted by molar-refractivity contribution is 5.24. The van der Waals surface area contributed by atoms with Gasteiger partial charge in [0, 0.05) is 0 Å². The molecule has 0 saturated carbocycles. The number of nitrogens with zero attached hydrogens (tertiary/aromatic N) is 1. The number of rotatable bonds is 4. The van der Waals surface area contributed by atoms with Gasteiger partial charge in [0.2, 0.25) is 0 Å². The summed E-state index contributed by atoms with van der Waals surface area (Å²) < 4.78 is 13.1. The van der Waals surface area contributed by atoms with Crippen LogP contribution in [0, 0.1) is 12.2 Å². The van der Waals surface area contributed by atoms with Crippen molar-refractivity contribution in [2.45, 2.75) is 6.42 Å². The van der Waals surface area contributed by atoms with Gasteiger partial charge in [0.1, 0.15) is 5.82 Å². The second kappa shape index (κ2) is 4.97. The molecule has 1 nitrogen and oxygen atoms in total. The van der Waals surface area contributed by atoms with Gasteiger partial charge in [-0.3, -0.25) is 0 Å². The van der Waals surface area contributed by atoms with Crippen molar-refractivity contribution in [3.05, 3.63) is 42.1 Å². The second-order valence-electron chi connectivity index (χ2n) is 3.32. The standard InChI is InChI=1S/C11H15FN/c1-13(2)9-5-7-10-6-3-4-8-11(10)12/h3-4,6-8H,5,9H2,1-2H3. The summed E-state index contributed by atoms with van der Waals surface area (Å²) in [5.41, 5.74) is 0.698. The Morgan fingerprint density at radius 3 is 2.62 bits per heavy atom. The fourth-order valence-electron chi connectivity index (χ4n) is 1.12. The third-order valence-corrected chi connectivity index (χ3v) is 1.85. The Kier molecular flexibility index (Phi) is 3.90. The molecule has 1 rings (SSSR count). The van der Waals surface area contributed by atoms with Gasteiger partial charge < -0.3 is 4.90 Å². The molecule has 0 atom stereocenters. The van der Waals surface area contributed by atoms with Gasteiger partial charge in [0.05, 0.1) is 0 Å². The zero-order valence-corrected chi connectivity index (χ0v) is 8.13. The summed E-state index contributed by atoms with van der Waals surface area (Å²) >= 11 is 0.